The van der Waals surface area contributed by atoms with Crippen LogP contribution in [-0.2, 0) is 9.59 Å². The van der Waals surface area contributed by atoms with E-state index in [9.17, 15) is 9.59 Å². The molecule has 0 aromatic carbocycles. The van der Waals surface area contributed by atoms with Crippen LogP contribution in [0.4, 0.5) is 0 Å². The molecule has 0 aliphatic carbocycles. The zero-order chi connectivity index (χ0) is 7.98. The summed E-state index contributed by atoms with van der Waals surface area (Å²) >= 11 is 0. The predicted molar refractivity (Wildman–Crippen MR) is 39.8 cm³/mol. The van der Waals surface area contributed by atoms with E-state index in [1.54, 1.807) is 6.92 Å². The second-order valence-electron chi connectivity index (χ2n) is 2.36. The number of carbonyl (C=O) groups excluding carboxylic acids is 2. The summed E-state index contributed by atoms with van der Waals surface area (Å²) in [6, 6.07) is 0. The van der Waals surface area contributed by atoms with Gasteiger partial charge in [-0.3, -0.25) is 9.59 Å². The summed E-state index contributed by atoms with van der Waals surface area (Å²) in [6.07, 6.45) is 2.02. The largest absolute Gasteiger partial charge is 0.299 e. The van der Waals surface area contributed by atoms with Gasteiger partial charge in [0.2, 0.25) is 0 Å². The first-order valence-electron chi connectivity index (χ1n) is 3.74. The molecule has 0 aliphatic heterocycles. The number of ketones is 2. The molecule has 2 nitrogen and oxygen atoms in total. The number of carbonyl (C=O) groups is 2. The molecule has 0 spiro atoms. The molecule has 0 rings (SSSR count). The maximum absolute atomic E-state index is 10.8. The zero-order valence-electron chi connectivity index (χ0n) is 6.64. The molecule has 0 bridgehead atoms. The van der Waals surface area contributed by atoms with Gasteiger partial charge in [0.25, 0.3) is 0 Å². The number of rotatable bonds is 5. The molecule has 58 valence electrons. The van der Waals surface area contributed by atoms with Crippen molar-refractivity contribution in [2.45, 2.75) is 39.5 Å². The summed E-state index contributed by atoms with van der Waals surface area (Å²) in [4.78, 5) is 21.5. The lowest BCUT2D eigenvalue weighted by atomic mass is 10.1. The van der Waals surface area contributed by atoms with Gasteiger partial charge in [-0.1, -0.05) is 13.8 Å². The van der Waals surface area contributed by atoms with E-state index in [2.05, 4.69) is 0 Å². The van der Waals surface area contributed by atoms with Gasteiger partial charge < -0.3 is 0 Å². The van der Waals surface area contributed by atoms with Crippen molar-refractivity contribution in [3.63, 3.8) is 0 Å². The van der Waals surface area contributed by atoms with Gasteiger partial charge in [-0.25, -0.2) is 0 Å². The van der Waals surface area contributed by atoms with Crippen molar-refractivity contribution >= 4 is 11.6 Å². The lowest BCUT2D eigenvalue weighted by molar-refractivity contribution is -0.126. The van der Waals surface area contributed by atoms with Crippen LogP contribution < -0.4 is 0 Å². The van der Waals surface area contributed by atoms with Crippen molar-refractivity contribution in [2.75, 3.05) is 0 Å². The lowest BCUT2D eigenvalue weighted by Crippen LogP contribution is -2.05. The van der Waals surface area contributed by atoms with E-state index in [4.69, 9.17) is 0 Å². The first kappa shape index (κ1) is 9.34. The van der Waals surface area contributed by atoms with Crippen LogP contribution in [0.15, 0.2) is 0 Å². The smallest absolute Gasteiger partial charge is 0.140 e. The van der Waals surface area contributed by atoms with Crippen molar-refractivity contribution in [2.24, 2.45) is 0 Å². The number of hydrogen-bond donors (Lipinski definition) is 0. The fourth-order valence-corrected chi connectivity index (χ4v) is 0.712. The summed E-state index contributed by atoms with van der Waals surface area (Å²) in [6.45, 7) is 3.72. The third-order valence-electron chi connectivity index (χ3n) is 1.32. The Kier molecular flexibility index (Phi) is 4.81. The van der Waals surface area contributed by atoms with Gasteiger partial charge in [-0.05, 0) is 6.42 Å². The predicted octanol–water partition coefficient (Wildman–Crippen LogP) is 1.72. The molecular formula is C8H14O2. The molecule has 2 heteroatoms. The molecular weight excluding hydrogens is 128 g/mol. The van der Waals surface area contributed by atoms with E-state index < -0.39 is 0 Å². The molecule has 0 saturated heterocycles. The fourth-order valence-electron chi connectivity index (χ4n) is 0.712. The highest BCUT2D eigenvalue weighted by Crippen LogP contribution is 1.96. The van der Waals surface area contributed by atoms with E-state index in [0.717, 1.165) is 6.42 Å². The third kappa shape index (κ3) is 4.24. The SMILES string of the molecule is CCCC(=O)CC(=O)CC. The quantitative estimate of drug-likeness (QED) is 0.548. The maximum atomic E-state index is 10.8. The minimum Gasteiger partial charge on any atom is -0.299 e. The maximum Gasteiger partial charge on any atom is 0.140 e. The highest BCUT2D eigenvalue weighted by atomic mass is 16.1. The van der Waals surface area contributed by atoms with E-state index in [1.807, 2.05) is 6.92 Å². The minimum absolute atomic E-state index is 0.0541. The lowest BCUT2D eigenvalue weighted by Gasteiger charge is -1.94. The van der Waals surface area contributed by atoms with Gasteiger partial charge >= 0.3 is 0 Å². The average molecular weight is 142 g/mol. The molecule has 0 amide bonds. The van der Waals surface area contributed by atoms with Crippen LogP contribution in [0.2, 0.25) is 0 Å². The second kappa shape index (κ2) is 5.15. The molecule has 0 aliphatic rings. The molecule has 10 heavy (non-hydrogen) atoms. The van der Waals surface area contributed by atoms with Crippen LogP contribution in [0, 0.1) is 0 Å². The Morgan fingerprint density at radius 2 is 1.70 bits per heavy atom. The van der Waals surface area contributed by atoms with Crippen molar-refractivity contribution < 1.29 is 9.59 Å². The summed E-state index contributed by atoms with van der Waals surface area (Å²) < 4.78 is 0. The fraction of sp³-hybridized carbons (Fsp3) is 0.750. The molecule has 0 heterocycles. The molecule has 0 atom stereocenters. The summed E-state index contributed by atoms with van der Waals surface area (Å²) in [5, 5.41) is 0. The first-order chi connectivity index (χ1) is 4.70. The molecule has 0 saturated carbocycles. The monoisotopic (exact) mass is 142 g/mol. The topological polar surface area (TPSA) is 34.1 Å². The van der Waals surface area contributed by atoms with Crippen LogP contribution in [0.25, 0.3) is 0 Å². The van der Waals surface area contributed by atoms with Gasteiger partial charge in [-0.2, -0.15) is 0 Å². The van der Waals surface area contributed by atoms with Gasteiger partial charge in [0.15, 0.2) is 0 Å². The Labute approximate surface area is 61.6 Å². The van der Waals surface area contributed by atoms with Crippen LogP contribution in [0.5, 0.6) is 0 Å². The molecule has 0 N–H and O–H groups in total. The van der Waals surface area contributed by atoms with Crippen molar-refractivity contribution in [3.8, 4) is 0 Å². The standard InChI is InChI=1S/C8H14O2/c1-3-5-8(10)6-7(9)4-2/h3-6H2,1-2H3. The highest BCUT2D eigenvalue weighted by molar-refractivity contribution is 5.98. The highest BCUT2D eigenvalue weighted by Gasteiger charge is 2.05. The molecule has 0 aromatic heterocycles. The third-order valence-corrected chi connectivity index (χ3v) is 1.32. The Bertz CT molecular complexity index is 127. The first-order valence-corrected chi connectivity index (χ1v) is 3.74. The second-order valence-corrected chi connectivity index (χ2v) is 2.36. The normalized spacial score (nSPS) is 9.40. The van der Waals surface area contributed by atoms with Crippen molar-refractivity contribution in [1.29, 1.82) is 0 Å². The van der Waals surface area contributed by atoms with Crippen LogP contribution in [0.3, 0.4) is 0 Å². The van der Waals surface area contributed by atoms with Crippen LogP contribution >= 0.6 is 0 Å². The number of Topliss-reactive ketones (excluding diaryl/α,β-unsaturated/α-hetero) is 2. The van der Waals surface area contributed by atoms with Gasteiger partial charge in [-0.15, -0.1) is 0 Å². The van der Waals surface area contributed by atoms with Crippen LogP contribution in [-0.4, -0.2) is 11.6 Å². The van der Waals surface area contributed by atoms with Crippen LogP contribution in [0.1, 0.15) is 39.5 Å². The molecule has 0 fully saturated rings. The number of hydrogen-bond acceptors (Lipinski definition) is 2. The average Bonchev–Trinajstić information content (AvgIpc) is 1.88. The molecule has 0 unspecified atom stereocenters. The minimum atomic E-state index is 0.0541. The van der Waals surface area contributed by atoms with Crippen molar-refractivity contribution in [1.82, 2.24) is 0 Å². The van der Waals surface area contributed by atoms with Gasteiger partial charge in [0.05, 0.1) is 6.42 Å². The van der Waals surface area contributed by atoms with E-state index >= 15 is 0 Å². The Hall–Kier alpha value is -0.660. The summed E-state index contributed by atoms with van der Waals surface area (Å²) in [5.74, 6) is 0.132. The zero-order valence-corrected chi connectivity index (χ0v) is 6.64. The van der Waals surface area contributed by atoms with E-state index in [-0.39, 0.29) is 18.0 Å². The Morgan fingerprint density at radius 1 is 1.10 bits per heavy atom. The molecule has 0 aromatic rings. The Balaban J connectivity index is 3.47. The van der Waals surface area contributed by atoms with Gasteiger partial charge in [0, 0.05) is 12.8 Å². The van der Waals surface area contributed by atoms with E-state index in [0.29, 0.717) is 12.8 Å². The van der Waals surface area contributed by atoms with E-state index in [1.165, 1.54) is 0 Å². The van der Waals surface area contributed by atoms with Gasteiger partial charge in [0.1, 0.15) is 11.6 Å². The summed E-state index contributed by atoms with van der Waals surface area (Å²) in [5.41, 5.74) is 0. The van der Waals surface area contributed by atoms with Crippen molar-refractivity contribution in [3.05, 3.63) is 0 Å². The molecule has 0 radical (unpaired) electrons. The Morgan fingerprint density at radius 3 is 2.10 bits per heavy atom. The summed E-state index contributed by atoms with van der Waals surface area (Å²) in [7, 11) is 0.